The number of aliphatic hydroxyl groups excluding tert-OH is 1. The molecule has 6 heterocycles. The molecular formula is C61H81N11O7S. The molecule has 80 heavy (non-hydrogen) atoms. The summed E-state index contributed by atoms with van der Waals surface area (Å²) in [6.07, 6.45) is 8.83. The number of para-hydroxylation sites is 1. The molecule has 5 aromatic rings. The number of fused-ring (bicyclic) bond motifs is 2. The Labute approximate surface area is 475 Å². The molecule has 4 aliphatic rings. The first-order valence-electron chi connectivity index (χ1n) is 28.8. The van der Waals surface area contributed by atoms with Gasteiger partial charge >= 0.3 is 0 Å². The molecule has 19 heteroatoms. The van der Waals surface area contributed by atoms with Gasteiger partial charge in [0.25, 0.3) is 0 Å². The van der Waals surface area contributed by atoms with Crippen LogP contribution in [0.15, 0.2) is 84.4 Å². The zero-order valence-corrected chi connectivity index (χ0v) is 47.8. The van der Waals surface area contributed by atoms with Crippen LogP contribution in [0.2, 0.25) is 0 Å². The van der Waals surface area contributed by atoms with Crippen molar-refractivity contribution in [3.8, 4) is 33.2 Å². The zero-order chi connectivity index (χ0) is 56.3. The molecular weight excluding hydrogens is 1030 g/mol. The molecule has 4 fully saturated rings. The number of rotatable bonds is 23. The van der Waals surface area contributed by atoms with Crippen LogP contribution in [-0.4, -0.2) is 153 Å². The van der Waals surface area contributed by atoms with Gasteiger partial charge in [0.1, 0.15) is 30.2 Å². The average Bonchev–Trinajstić information content (AvgIpc) is 4.19. The van der Waals surface area contributed by atoms with Crippen LogP contribution < -0.4 is 30.9 Å². The second-order valence-electron chi connectivity index (χ2n) is 23.2. The maximum Gasteiger partial charge on any atom is 0.246 e. The van der Waals surface area contributed by atoms with Crippen LogP contribution in [0.3, 0.4) is 0 Å². The quantitative estimate of drug-likeness (QED) is 0.0399. The summed E-state index contributed by atoms with van der Waals surface area (Å²) < 4.78 is 6.32. The third-order valence-electron chi connectivity index (χ3n) is 16.3. The third kappa shape index (κ3) is 14.6. The number of carbonyl (C=O) groups excluding carboxylic acids is 4. The number of nitrogens with zero attached hydrogens (tertiary/aromatic N) is 8. The third-order valence-corrected chi connectivity index (χ3v) is 17.3. The minimum Gasteiger partial charge on any atom is -0.507 e. The summed E-state index contributed by atoms with van der Waals surface area (Å²) in [5.74, 6) is 0.730. The van der Waals surface area contributed by atoms with E-state index in [1.54, 1.807) is 23.5 Å². The van der Waals surface area contributed by atoms with Gasteiger partial charge in [-0.1, -0.05) is 95.3 Å². The summed E-state index contributed by atoms with van der Waals surface area (Å²) in [4.78, 5) is 70.0. The van der Waals surface area contributed by atoms with Gasteiger partial charge in [0.2, 0.25) is 23.6 Å². The number of carbonyl (C=O) groups is 4. The van der Waals surface area contributed by atoms with E-state index in [1.807, 2.05) is 86.6 Å². The molecule has 6 N–H and O–H groups in total. The number of nitrogens with one attached hydrogen (secondary N) is 2. The predicted octanol–water partition coefficient (Wildman–Crippen LogP) is 7.56. The van der Waals surface area contributed by atoms with Crippen molar-refractivity contribution >= 4 is 52.2 Å². The Kier molecular flexibility index (Phi) is 19.3. The van der Waals surface area contributed by atoms with E-state index in [4.69, 9.17) is 10.5 Å². The Morgan fingerprint density at radius 1 is 0.838 bits per heavy atom. The van der Waals surface area contributed by atoms with Crippen molar-refractivity contribution < 1.29 is 34.1 Å². The summed E-state index contributed by atoms with van der Waals surface area (Å²) in [7, 11) is 0. The molecule has 2 bridgehead atoms. The number of phenolic OH excluding ortho intramolecular Hbond substituents is 1. The van der Waals surface area contributed by atoms with Crippen LogP contribution in [0.5, 0.6) is 11.5 Å². The van der Waals surface area contributed by atoms with Crippen LogP contribution in [-0.2, 0) is 25.7 Å². The van der Waals surface area contributed by atoms with Gasteiger partial charge in [0.15, 0.2) is 5.82 Å². The van der Waals surface area contributed by atoms with Crippen LogP contribution in [0.4, 0.5) is 17.2 Å². The minimum absolute atomic E-state index is 0.0296. The van der Waals surface area contributed by atoms with E-state index in [2.05, 4.69) is 58.7 Å². The topological polar surface area (TPSA) is 223 Å². The van der Waals surface area contributed by atoms with Crippen molar-refractivity contribution in [2.24, 2.45) is 5.41 Å². The Hall–Kier alpha value is -6.83. The molecule has 0 radical (unpaired) electrons. The summed E-state index contributed by atoms with van der Waals surface area (Å²) in [5, 5.41) is 35.6. The first-order chi connectivity index (χ1) is 38.6. The van der Waals surface area contributed by atoms with Crippen LogP contribution in [0, 0.1) is 12.3 Å². The van der Waals surface area contributed by atoms with Crippen LogP contribution in [0.1, 0.15) is 109 Å². The minimum atomic E-state index is -0.857. The fourth-order valence-electron chi connectivity index (χ4n) is 11.9. The lowest BCUT2D eigenvalue weighted by molar-refractivity contribution is -0.144. The van der Waals surface area contributed by atoms with Gasteiger partial charge in [-0.3, -0.25) is 24.1 Å². The van der Waals surface area contributed by atoms with E-state index < -0.39 is 23.6 Å². The lowest BCUT2D eigenvalue weighted by atomic mass is 9.85. The number of aryl methyl sites for hydroxylation is 1. The second kappa shape index (κ2) is 26.6. The summed E-state index contributed by atoms with van der Waals surface area (Å²) in [5.41, 5.74) is 13.8. The molecule has 9 rings (SSSR count). The van der Waals surface area contributed by atoms with Gasteiger partial charge in [-0.25, -0.2) is 4.98 Å². The highest BCUT2D eigenvalue weighted by atomic mass is 32.1. The number of nitrogens with two attached hydrogens (primary N) is 1. The number of hydrogen-bond donors (Lipinski definition) is 5. The number of hydrogen-bond acceptors (Lipinski definition) is 15. The standard InChI is InChI=1S/C61H81N11O7S/c1-41-56(80-40-64-41)43-23-21-42(22-24-43)36-63-59(77)52-34-47(73)39-71(52)60(78)57(61(2,3)4)65-54(75)19-10-8-6-5-7-9-11-20-55(76)69-29-27-68(28-30-69)31-32-79-48-16-14-15-44(33-48)72-45-25-26-46(72)38-70(37-45)51-35-50(66-67-58(51)62)49-17-12-13-18-53(49)74/h12-18,21-24,33,35,40,45-47,52,57,73-74H,5-11,19-20,25-32,34,36-39H2,1-4H3,(H2,62,67)(H,63,77)(H,65,75)/t45?,46?,47-,52+,57-/m1/s1. The van der Waals surface area contributed by atoms with E-state index in [-0.39, 0.29) is 48.9 Å². The summed E-state index contributed by atoms with van der Waals surface area (Å²) >= 11 is 1.58. The number of nitrogen functional groups attached to an aromatic ring is 1. The van der Waals surface area contributed by atoms with Gasteiger partial charge in [0.05, 0.1) is 33.6 Å². The summed E-state index contributed by atoms with van der Waals surface area (Å²) in [6.45, 7) is 14.1. The Morgan fingerprint density at radius 3 is 2.23 bits per heavy atom. The highest BCUT2D eigenvalue weighted by Crippen LogP contribution is 2.40. The van der Waals surface area contributed by atoms with E-state index >= 15 is 0 Å². The largest absolute Gasteiger partial charge is 0.507 e. The van der Waals surface area contributed by atoms with E-state index in [0.29, 0.717) is 55.0 Å². The average molecular weight is 1110 g/mol. The van der Waals surface area contributed by atoms with Gasteiger partial charge in [0, 0.05) is 108 Å². The molecule has 2 aromatic heterocycles. The fourth-order valence-corrected chi connectivity index (χ4v) is 12.7. The number of aromatic hydroxyl groups is 1. The smallest absolute Gasteiger partial charge is 0.246 e. The normalized spacial score (nSPS) is 19.8. The molecule has 428 valence electrons. The van der Waals surface area contributed by atoms with Crippen molar-refractivity contribution in [1.82, 2.24) is 40.5 Å². The molecule has 5 atom stereocenters. The van der Waals surface area contributed by atoms with Gasteiger partial charge in [-0.2, -0.15) is 0 Å². The molecule has 4 aliphatic heterocycles. The maximum absolute atomic E-state index is 14.1. The second-order valence-corrected chi connectivity index (χ2v) is 24.1. The van der Waals surface area contributed by atoms with Crippen LogP contribution in [0.25, 0.3) is 21.7 Å². The van der Waals surface area contributed by atoms with Gasteiger partial charge < -0.3 is 50.9 Å². The van der Waals surface area contributed by atoms with Crippen molar-refractivity contribution in [2.75, 3.05) is 74.5 Å². The van der Waals surface area contributed by atoms with Gasteiger partial charge in [-0.15, -0.1) is 21.5 Å². The number of piperazine rings is 2. The molecule has 3 aromatic carbocycles. The van der Waals surface area contributed by atoms with Gasteiger partial charge in [-0.05, 0) is 79.5 Å². The lowest BCUT2D eigenvalue weighted by Gasteiger charge is -2.43. The number of likely N-dealkylation sites (tertiary alicyclic amines) is 1. The first-order valence-corrected chi connectivity index (χ1v) is 29.7. The van der Waals surface area contributed by atoms with Crippen molar-refractivity contribution in [3.63, 3.8) is 0 Å². The predicted molar refractivity (Wildman–Crippen MR) is 313 cm³/mol. The molecule has 2 unspecified atom stereocenters. The number of unbranched alkanes of at least 4 members (excludes halogenated alkanes) is 6. The molecule has 4 amide bonds. The zero-order valence-electron chi connectivity index (χ0n) is 47.0. The molecule has 18 nitrogen and oxygen atoms in total. The Morgan fingerprint density at radius 2 is 1.54 bits per heavy atom. The number of phenols is 1. The number of amides is 4. The number of β-amino-alcohol motifs (C(OH)–C–C–N with tert-alkyl or cyclic N) is 1. The van der Waals surface area contributed by atoms with E-state index in [9.17, 15) is 29.4 Å². The van der Waals surface area contributed by atoms with E-state index in [1.165, 1.54) is 4.90 Å². The molecule has 0 spiro atoms. The van der Waals surface area contributed by atoms with Crippen LogP contribution >= 0.6 is 11.3 Å². The van der Waals surface area contributed by atoms with Crippen molar-refractivity contribution in [1.29, 1.82) is 0 Å². The number of anilines is 3. The van der Waals surface area contributed by atoms with Crippen molar-refractivity contribution in [3.05, 3.63) is 95.6 Å². The molecule has 0 aliphatic carbocycles. The number of aliphatic hydroxyl groups is 1. The fraction of sp³-hybridized carbons (Fsp3) is 0.525. The Bertz CT molecular complexity index is 2890. The molecule has 0 saturated carbocycles. The van der Waals surface area contributed by atoms with Crippen molar-refractivity contribution in [2.45, 2.75) is 142 Å². The maximum atomic E-state index is 14.1. The highest BCUT2D eigenvalue weighted by molar-refractivity contribution is 7.13. The number of benzene rings is 3. The number of aromatic nitrogens is 3. The highest BCUT2D eigenvalue weighted by Gasteiger charge is 2.45. The number of thiazole rings is 1. The SMILES string of the molecule is Cc1ncsc1-c1ccc(CNC(=O)[C@@H]2C[C@@H](O)CN2C(=O)[C@@H](NC(=O)CCCCCCCCCC(=O)N2CCN(CCOc3cccc(N4C5CCC4CN(c4cc(-c6ccccc6O)nnc4N)C5)c3)CC2)C(C)(C)C)cc1. The lowest BCUT2D eigenvalue weighted by Crippen LogP contribution is -2.57. The molecule has 4 saturated heterocycles. The monoisotopic (exact) mass is 1110 g/mol. The Balaban J connectivity index is 0.618. The summed E-state index contributed by atoms with van der Waals surface area (Å²) in [6, 6.07) is 24.4. The first kappa shape index (κ1) is 57.8. The van der Waals surface area contributed by atoms with E-state index in [0.717, 1.165) is 136 Å². The number of ether oxygens (including phenoxy) is 1.